The van der Waals surface area contributed by atoms with Crippen LogP contribution in [0.15, 0.2) is 18.3 Å². The van der Waals surface area contributed by atoms with Gasteiger partial charge in [-0.15, -0.1) is 0 Å². The number of anilines is 1. The van der Waals surface area contributed by atoms with Gasteiger partial charge in [0.1, 0.15) is 5.82 Å². The van der Waals surface area contributed by atoms with E-state index < -0.39 is 0 Å². The Hall–Kier alpha value is -1.66. The number of aromatic nitrogens is 1. The van der Waals surface area contributed by atoms with Gasteiger partial charge < -0.3 is 20.7 Å². The molecule has 20 heavy (non-hydrogen) atoms. The molecule has 1 aliphatic heterocycles. The van der Waals surface area contributed by atoms with E-state index in [1.807, 2.05) is 12.3 Å². The molecule has 110 valence electrons. The highest BCUT2D eigenvalue weighted by molar-refractivity contribution is 5.78. The molecule has 0 spiro atoms. The second kappa shape index (κ2) is 7.21. The van der Waals surface area contributed by atoms with Crippen LogP contribution in [0.4, 0.5) is 5.82 Å². The van der Waals surface area contributed by atoms with Crippen molar-refractivity contribution >= 4 is 11.7 Å². The van der Waals surface area contributed by atoms with Crippen molar-refractivity contribution in [3.05, 3.63) is 23.9 Å². The van der Waals surface area contributed by atoms with Gasteiger partial charge in [0.15, 0.2) is 0 Å². The van der Waals surface area contributed by atoms with Crippen molar-refractivity contribution in [3.63, 3.8) is 0 Å². The van der Waals surface area contributed by atoms with E-state index in [4.69, 9.17) is 10.5 Å². The average Bonchev–Trinajstić information content (AvgIpc) is 2.94. The number of carbonyl (C=O) groups excluding carboxylic acids is 1. The lowest BCUT2D eigenvalue weighted by Gasteiger charge is -2.17. The van der Waals surface area contributed by atoms with Crippen molar-refractivity contribution in [2.75, 3.05) is 38.3 Å². The summed E-state index contributed by atoms with van der Waals surface area (Å²) in [6.45, 7) is 3.82. The topological polar surface area (TPSA) is 80.5 Å². The summed E-state index contributed by atoms with van der Waals surface area (Å²) in [5.74, 6) is 0.646. The van der Waals surface area contributed by atoms with Crippen LogP contribution in [-0.2, 0) is 16.1 Å². The number of methoxy groups -OCH3 is 1. The average molecular weight is 278 g/mol. The van der Waals surface area contributed by atoms with Crippen molar-refractivity contribution in [2.45, 2.75) is 13.0 Å². The zero-order valence-corrected chi connectivity index (χ0v) is 11.8. The monoisotopic (exact) mass is 278 g/mol. The van der Waals surface area contributed by atoms with Gasteiger partial charge in [-0.05, 0) is 18.1 Å². The molecule has 1 atom stereocenters. The Balaban J connectivity index is 1.84. The van der Waals surface area contributed by atoms with E-state index in [0.717, 1.165) is 37.4 Å². The number of nitrogens with zero attached hydrogens (tertiary/aromatic N) is 2. The lowest BCUT2D eigenvalue weighted by Crippen LogP contribution is -2.27. The summed E-state index contributed by atoms with van der Waals surface area (Å²) < 4.78 is 4.97. The SMILES string of the molecule is COCCNCc1ccc(N2CCC(C(N)=O)C2)nc1. The van der Waals surface area contributed by atoms with E-state index in [9.17, 15) is 4.79 Å². The Labute approximate surface area is 119 Å². The Morgan fingerprint density at radius 2 is 2.45 bits per heavy atom. The number of hydrogen-bond acceptors (Lipinski definition) is 5. The first-order valence-corrected chi connectivity index (χ1v) is 6.89. The molecule has 1 aliphatic rings. The maximum atomic E-state index is 11.2. The Morgan fingerprint density at radius 3 is 3.05 bits per heavy atom. The highest BCUT2D eigenvalue weighted by atomic mass is 16.5. The molecule has 1 aromatic heterocycles. The van der Waals surface area contributed by atoms with Gasteiger partial charge >= 0.3 is 0 Å². The van der Waals surface area contributed by atoms with Crippen LogP contribution in [0.5, 0.6) is 0 Å². The smallest absolute Gasteiger partial charge is 0.222 e. The summed E-state index contributed by atoms with van der Waals surface area (Å²) >= 11 is 0. The third-order valence-corrected chi connectivity index (χ3v) is 3.54. The van der Waals surface area contributed by atoms with Crippen LogP contribution >= 0.6 is 0 Å². The molecule has 1 fully saturated rings. The summed E-state index contributed by atoms with van der Waals surface area (Å²) in [4.78, 5) is 17.7. The van der Waals surface area contributed by atoms with E-state index in [0.29, 0.717) is 13.2 Å². The van der Waals surface area contributed by atoms with Crippen LogP contribution in [0.1, 0.15) is 12.0 Å². The van der Waals surface area contributed by atoms with Gasteiger partial charge in [-0.3, -0.25) is 4.79 Å². The number of rotatable bonds is 7. The van der Waals surface area contributed by atoms with Crippen LogP contribution in [0.3, 0.4) is 0 Å². The zero-order valence-electron chi connectivity index (χ0n) is 11.8. The van der Waals surface area contributed by atoms with Gasteiger partial charge in [0.05, 0.1) is 12.5 Å². The fraction of sp³-hybridized carbons (Fsp3) is 0.571. The number of primary amides is 1. The first kappa shape index (κ1) is 14.7. The minimum atomic E-state index is -0.216. The third kappa shape index (κ3) is 3.91. The van der Waals surface area contributed by atoms with E-state index in [2.05, 4.69) is 21.3 Å². The Morgan fingerprint density at radius 1 is 1.60 bits per heavy atom. The quantitative estimate of drug-likeness (QED) is 0.693. The van der Waals surface area contributed by atoms with Gasteiger partial charge in [-0.25, -0.2) is 4.98 Å². The lowest BCUT2D eigenvalue weighted by molar-refractivity contribution is -0.121. The maximum absolute atomic E-state index is 11.2. The fourth-order valence-corrected chi connectivity index (χ4v) is 2.32. The second-order valence-electron chi connectivity index (χ2n) is 5.03. The summed E-state index contributed by atoms with van der Waals surface area (Å²) in [5, 5.41) is 3.27. The number of pyridine rings is 1. The van der Waals surface area contributed by atoms with Crippen LogP contribution in [0.2, 0.25) is 0 Å². The number of nitrogens with two attached hydrogens (primary N) is 1. The third-order valence-electron chi connectivity index (χ3n) is 3.54. The number of hydrogen-bond donors (Lipinski definition) is 2. The predicted octanol–water partition coefficient (Wildman–Crippen LogP) is 0.129. The number of carbonyl (C=O) groups is 1. The first-order valence-electron chi connectivity index (χ1n) is 6.89. The molecule has 3 N–H and O–H groups in total. The summed E-state index contributed by atoms with van der Waals surface area (Å²) in [5.41, 5.74) is 6.47. The number of ether oxygens (including phenoxy) is 1. The maximum Gasteiger partial charge on any atom is 0.222 e. The molecular formula is C14H22N4O2. The minimum Gasteiger partial charge on any atom is -0.383 e. The molecule has 0 aliphatic carbocycles. The lowest BCUT2D eigenvalue weighted by atomic mass is 10.1. The second-order valence-corrected chi connectivity index (χ2v) is 5.03. The van der Waals surface area contributed by atoms with Gasteiger partial charge in [0, 0.05) is 39.5 Å². The number of nitrogens with one attached hydrogen (secondary N) is 1. The van der Waals surface area contributed by atoms with Crippen molar-refractivity contribution in [1.82, 2.24) is 10.3 Å². The van der Waals surface area contributed by atoms with E-state index in [1.165, 1.54) is 0 Å². The summed E-state index contributed by atoms with van der Waals surface area (Å²) in [7, 11) is 1.69. The highest BCUT2D eigenvalue weighted by Gasteiger charge is 2.27. The Bertz CT molecular complexity index is 435. The Kier molecular flexibility index (Phi) is 5.31. The fourth-order valence-electron chi connectivity index (χ4n) is 2.32. The zero-order chi connectivity index (χ0) is 14.4. The highest BCUT2D eigenvalue weighted by Crippen LogP contribution is 2.21. The van der Waals surface area contributed by atoms with Gasteiger partial charge in [0.2, 0.25) is 5.91 Å². The summed E-state index contributed by atoms with van der Waals surface area (Å²) in [6.07, 6.45) is 2.68. The van der Waals surface area contributed by atoms with Crippen molar-refractivity contribution in [1.29, 1.82) is 0 Å². The van der Waals surface area contributed by atoms with Gasteiger partial charge in [-0.1, -0.05) is 6.07 Å². The molecule has 0 aromatic carbocycles. The summed E-state index contributed by atoms with van der Waals surface area (Å²) in [6, 6.07) is 4.05. The molecule has 0 saturated carbocycles. The molecule has 0 radical (unpaired) electrons. The molecule has 1 amide bonds. The largest absolute Gasteiger partial charge is 0.383 e. The van der Waals surface area contributed by atoms with E-state index >= 15 is 0 Å². The van der Waals surface area contributed by atoms with Crippen LogP contribution in [-0.4, -0.2) is 44.2 Å². The van der Waals surface area contributed by atoms with Crippen LogP contribution in [0.25, 0.3) is 0 Å². The normalized spacial score (nSPS) is 18.4. The molecular weight excluding hydrogens is 256 g/mol. The molecule has 1 aromatic rings. The number of amides is 1. The van der Waals surface area contributed by atoms with Gasteiger partial charge in [0.25, 0.3) is 0 Å². The van der Waals surface area contributed by atoms with E-state index in [-0.39, 0.29) is 11.8 Å². The molecule has 1 unspecified atom stereocenters. The minimum absolute atomic E-state index is 0.0489. The first-order chi connectivity index (χ1) is 9.70. The molecule has 6 nitrogen and oxygen atoms in total. The molecule has 6 heteroatoms. The van der Waals surface area contributed by atoms with Crippen LogP contribution < -0.4 is 16.0 Å². The van der Waals surface area contributed by atoms with Gasteiger partial charge in [-0.2, -0.15) is 0 Å². The predicted molar refractivity (Wildman–Crippen MR) is 77.3 cm³/mol. The standard InChI is InChI=1S/C14H22N4O2/c1-20-7-5-16-8-11-2-3-13(17-9-11)18-6-4-12(10-18)14(15)19/h2-3,9,12,16H,4-8,10H2,1H3,(H2,15,19). The van der Waals surface area contributed by atoms with E-state index in [1.54, 1.807) is 7.11 Å². The van der Waals surface area contributed by atoms with Crippen LogP contribution in [0, 0.1) is 5.92 Å². The molecule has 0 bridgehead atoms. The van der Waals surface area contributed by atoms with Crippen molar-refractivity contribution < 1.29 is 9.53 Å². The molecule has 2 rings (SSSR count). The molecule has 2 heterocycles. The molecule has 1 saturated heterocycles. The van der Waals surface area contributed by atoms with Crippen molar-refractivity contribution in [2.24, 2.45) is 11.7 Å². The van der Waals surface area contributed by atoms with Crippen molar-refractivity contribution in [3.8, 4) is 0 Å².